The summed E-state index contributed by atoms with van der Waals surface area (Å²) in [6.07, 6.45) is 1.66. The molecule has 2 amide bonds. The van der Waals surface area contributed by atoms with E-state index in [1.165, 1.54) is 0 Å². The number of amides is 2. The number of rotatable bonds is 3. The standard InChI is InChI=1S/C23H28N2O2/c1-15-7-8-18(4)21(13-15)24-22(26)19-6-5-9-25(14-19)23(27)20-11-16(2)10-17(3)12-20/h7-8,10-13,19H,5-6,9,14H2,1-4H3,(H,24,26). The van der Waals surface area contributed by atoms with Crippen molar-refractivity contribution in [1.29, 1.82) is 0 Å². The molecule has 2 aromatic carbocycles. The number of benzene rings is 2. The van der Waals surface area contributed by atoms with Crippen molar-refractivity contribution in [3.63, 3.8) is 0 Å². The van der Waals surface area contributed by atoms with Gasteiger partial charge in [0, 0.05) is 24.3 Å². The summed E-state index contributed by atoms with van der Waals surface area (Å²) >= 11 is 0. The van der Waals surface area contributed by atoms with Crippen molar-refractivity contribution >= 4 is 17.5 Å². The Hall–Kier alpha value is -2.62. The van der Waals surface area contributed by atoms with Crippen molar-refractivity contribution in [2.75, 3.05) is 18.4 Å². The molecular weight excluding hydrogens is 336 g/mol. The molecule has 1 aliphatic heterocycles. The molecule has 0 aliphatic carbocycles. The first-order chi connectivity index (χ1) is 12.8. The first-order valence-electron chi connectivity index (χ1n) is 9.59. The van der Waals surface area contributed by atoms with Crippen LogP contribution in [0.5, 0.6) is 0 Å². The molecule has 0 bridgehead atoms. The van der Waals surface area contributed by atoms with Crippen LogP contribution in [0.1, 0.15) is 45.5 Å². The Morgan fingerprint density at radius 3 is 2.37 bits per heavy atom. The number of carbonyl (C=O) groups is 2. The van der Waals surface area contributed by atoms with Gasteiger partial charge in [0.05, 0.1) is 5.92 Å². The van der Waals surface area contributed by atoms with Crippen LogP contribution in [0.25, 0.3) is 0 Å². The number of anilines is 1. The van der Waals surface area contributed by atoms with Crippen molar-refractivity contribution in [3.05, 3.63) is 64.2 Å². The molecule has 4 nitrogen and oxygen atoms in total. The lowest BCUT2D eigenvalue weighted by molar-refractivity contribution is -0.121. The number of aryl methyl sites for hydroxylation is 4. The highest BCUT2D eigenvalue weighted by Gasteiger charge is 2.29. The van der Waals surface area contributed by atoms with E-state index in [1.807, 2.05) is 62.9 Å². The number of likely N-dealkylation sites (tertiary alicyclic amines) is 1. The molecule has 27 heavy (non-hydrogen) atoms. The number of hydrogen-bond acceptors (Lipinski definition) is 2. The average Bonchev–Trinajstić information content (AvgIpc) is 2.63. The average molecular weight is 364 g/mol. The molecular formula is C23H28N2O2. The van der Waals surface area contributed by atoms with E-state index in [0.717, 1.165) is 40.8 Å². The minimum absolute atomic E-state index is 0.00150. The van der Waals surface area contributed by atoms with E-state index in [4.69, 9.17) is 0 Å². The van der Waals surface area contributed by atoms with Gasteiger partial charge in [0.1, 0.15) is 0 Å². The van der Waals surface area contributed by atoms with Crippen LogP contribution in [0.15, 0.2) is 36.4 Å². The second kappa shape index (κ2) is 7.95. The van der Waals surface area contributed by atoms with Gasteiger partial charge in [0.15, 0.2) is 0 Å². The second-order valence-corrected chi connectivity index (χ2v) is 7.77. The van der Waals surface area contributed by atoms with Crippen molar-refractivity contribution in [2.24, 2.45) is 5.92 Å². The van der Waals surface area contributed by atoms with Crippen molar-refractivity contribution in [1.82, 2.24) is 4.90 Å². The van der Waals surface area contributed by atoms with Crippen LogP contribution in [0, 0.1) is 33.6 Å². The summed E-state index contributed by atoms with van der Waals surface area (Å²) in [4.78, 5) is 27.5. The van der Waals surface area contributed by atoms with Crippen LogP contribution >= 0.6 is 0 Å². The third-order valence-corrected chi connectivity index (χ3v) is 5.20. The second-order valence-electron chi connectivity index (χ2n) is 7.77. The van der Waals surface area contributed by atoms with E-state index in [9.17, 15) is 9.59 Å². The monoisotopic (exact) mass is 364 g/mol. The van der Waals surface area contributed by atoms with E-state index in [0.29, 0.717) is 18.7 Å². The van der Waals surface area contributed by atoms with Crippen LogP contribution in [0.3, 0.4) is 0 Å². The molecule has 0 saturated carbocycles. The predicted molar refractivity (Wildman–Crippen MR) is 109 cm³/mol. The smallest absolute Gasteiger partial charge is 0.253 e. The summed E-state index contributed by atoms with van der Waals surface area (Å²) in [5.41, 5.74) is 5.90. The molecule has 4 heteroatoms. The molecule has 1 heterocycles. The van der Waals surface area contributed by atoms with Crippen molar-refractivity contribution < 1.29 is 9.59 Å². The van der Waals surface area contributed by atoms with Gasteiger partial charge >= 0.3 is 0 Å². The Kier molecular flexibility index (Phi) is 5.64. The van der Waals surface area contributed by atoms with E-state index in [-0.39, 0.29) is 17.7 Å². The van der Waals surface area contributed by atoms with Gasteiger partial charge in [0.25, 0.3) is 5.91 Å². The maximum Gasteiger partial charge on any atom is 0.253 e. The lowest BCUT2D eigenvalue weighted by Gasteiger charge is -2.32. The molecule has 1 saturated heterocycles. The third-order valence-electron chi connectivity index (χ3n) is 5.20. The Labute approximate surface area is 161 Å². The van der Waals surface area contributed by atoms with Gasteiger partial charge in [-0.05, 0) is 69.9 Å². The van der Waals surface area contributed by atoms with Gasteiger partial charge in [-0.1, -0.05) is 29.3 Å². The maximum absolute atomic E-state index is 12.9. The van der Waals surface area contributed by atoms with Gasteiger partial charge in [-0.2, -0.15) is 0 Å². The molecule has 3 rings (SSSR count). The SMILES string of the molecule is Cc1cc(C)cc(C(=O)N2CCCC(C(=O)Nc3cc(C)ccc3C)C2)c1. The molecule has 1 fully saturated rings. The molecule has 1 N–H and O–H groups in total. The van der Waals surface area contributed by atoms with E-state index < -0.39 is 0 Å². The molecule has 142 valence electrons. The summed E-state index contributed by atoms with van der Waals surface area (Å²) < 4.78 is 0. The Bertz CT molecular complexity index is 852. The topological polar surface area (TPSA) is 49.4 Å². The summed E-state index contributed by atoms with van der Waals surface area (Å²) in [7, 11) is 0. The van der Waals surface area contributed by atoms with E-state index in [2.05, 4.69) is 11.4 Å². The fourth-order valence-corrected chi connectivity index (χ4v) is 3.76. The zero-order valence-corrected chi connectivity index (χ0v) is 16.6. The van der Waals surface area contributed by atoms with Crippen molar-refractivity contribution in [3.8, 4) is 0 Å². The molecule has 1 atom stereocenters. The summed E-state index contributed by atoms with van der Waals surface area (Å²) in [6, 6.07) is 12.0. The molecule has 1 aliphatic rings. The molecule has 0 radical (unpaired) electrons. The zero-order chi connectivity index (χ0) is 19.6. The van der Waals surface area contributed by atoms with Crippen LogP contribution in [-0.2, 0) is 4.79 Å². The maximum atomic E-state index is 12.9. The number of nitrogens with zero attached hydrogens (tertiary/aromatic N) is 1. The highest BCUT2D eigenvalue weighted by molar-refractivity contribution is 5.96. The Morgan fingerprint density at radius 1 is 0.963 bits per heavy atom. The zero-order valence-electron chi connectivity index (χ0n) is 16.6. The lowest BCUT2D eigenvalue weighted by Crippen LogP contribution is -2.43. The molecule has 0 spiro atoms. The third kappa shape index (κ3) is 4.57. The van der Waals surface area contributed by atoms with Crippen molar-refractivity contribution in [2.45, 2.75) is 40.5 Å². The first kappa shape index (κ1) is 19.2. The number of carbonyl (C=O) groups excluding carboxylic acids is 2. The number of hydrogen-bond donors (Lipinski definition) is 1. The van der Waals surface area contributed by atoms with Gasteiger partial charge in [-0.25, -0.2) is 0 Å². The Morgan fingerprint density at radius 2 is 1.67 bits per heavy atom. The van der Waals surface area contributed by atoms with Crippen LogP contribution in [-0.4, -0.2) is 29.8 Å². The normalized spacial score (nSPS) is 16.9. The largest absolute Gasteiger partial charge is 0.338 e. The fraction of sp³-hybridized carbons (Fsp3) is 0.391. The van der Waals surface area contributed by atoms with E-state index >= 15 is 0 Å². The molecule has 1 unspecified atom stereocenters. The van der Waals surface area contributed by atoms with Crippen LogP contribution in [0.4, 0.5) is 5.69 Å². The van der Waals surface area contributed by atoms with E-state index in [1.54, 1.807) is 0 Å². The minimum atomic E-state index is -0.173. The minimum Gasteiger partial charge on any atom is -0.338 e. The lowest BCUT2D eigenvalue weighted by atomic mass is 9.95. The van der Waals surface area contributed by atoms with Crippen LogP contribution in [0.2, 0.25) is 0 Å². The summed E-state index contributed by atoms with van der Waals surface area (Å²) in [5.74, 6) is -0.152. The summed E-state index contributed by atoms with van der Waals surface area (Å²) in [6.45, 7) is 9.19. The summed E-state index contributed by atoms with van der Waals surface area (Å²) in [5, 5.41) is 3.06. The molecule has 0 aromatic heterocycles. The fourth-order valence-electron chi connectivity index (χ4n) is 3.76. The Balaban J connectivity index is 1.70. The van der Waals surface area contributed by atoms with Gasteiger partial charge in [0.2, 0.25) is 5.91 Å². The molecule has 2 aromatic rings. The number of piperidine rings is 1. The quantitative estimate of drug-likeness (QED) is 0.877. The number of nitrogens with one attached hydrogen (secondary N) is 1. The van der Waals surface area contributed by atoms with Gasteiger partial charge in [-0.3, -0.25) is 9.59 Å². The first-order valence-corrected chi connectivity index (χ1v) is 9.59. The van der Waals surface area contributed by atoms with Gasteiger partial charge < -0.3 is 10.2 Å². The highest BCUT2D eigenvalue weighted by Crippen LogP contribution is 2.23. The predicted octanol–water partition coefficient (Wildman–Crippen LogP) is 4.41. The highest BCUT2D eigenvalue weighted by atomic mass is 16.2. The van der Waals surface area contributed by atoms with Crippen LogP contribution < -0.4 is 5.32 Å². The van der Waals surface area contributed by atoms with Gasteiger partial charge in [-0.15, -0.1) is 0 Å².